The lowest BCUT2D eigenvalue weighted by molar-refractivity contribution is -0.274. The summed E-state index contributed by atoms with van der Waals surface area (Å²) in [7, 11) is 0. The first-order valence-corrected chi connectivity index (χ1v) is 8.69. The van der Waals surface area contributed by atoms with Crippen LogP contribution in [-0.2, 0) is 6.54 Å². The van der Waals surface area contributed by atoms with Crippen molar-refractivity contribution in [1.29, 1.82) is 0 Å². The Morgan fingerprint density at radius 3 is 2.44 bits per heavy atom. The largest absolute Gasteiger partial charge is 0.573 e. The van der Waals surface area contributed by atoms with Crippen LogP contribution in [0.1, 0.15) is 25.8 Å². The lowest BCUT2D eigenvalue weighted by Gasteiger charge is -2.42. The van der Waals surface area contributed by atoms with Gasteiger partial charge in [-0.3, -0.25) is 9.80 Å². The molecule has 1 aliphatic rings. The fraction of sp³-hybridized carbons (Fsp3) is 0.667. The molecule has 0 spiro atoms. The van der Waals surface area contributed by atoms with E-state index in [9.17, 15) is 18.3 Å². The van der Waals surface area contributed by atoms with Crippen molar-refractivity contribution in [2.75, 3.05) is 32.8 Å². The number of benzene rings is 1. The van der Waals surface area contributed by atoms with Crippen molar-refractivity contribution >= 4 is 0 Å². The molecule has 0 amide bonds. The molecule has 1 heterocycles. The van der Waals surface area contributed by atoms with Gasteiger partial charge in [-0.2, -0.15) is 0 Å². The first-order valence-electron chi connectivity index (χ1n) is 8.69. The molecule has 1 aromatic rings. The molecule has 0 bridgehead atoms. The summed E-state index contributed by atoms with van der Waals surface area (Å²) in [4.78, 5) is 4.72. The first-order chi connectivity index (χ1) is 11.8. The van der Waals surface area contributed by atoms with E-state index in [4.69, 9.17) is 0 Å². The van der Waals surface area contributed by atoms with Gasteiger partial charge >= 0.3 is 6.36 Å². The minimum absolute atomic E-state index is 0.163. The van der Waals surface area contributed by atoms with E-state index in [0.29, 0.717) is 18.5 Å². The second-order valence-electron chi connectivity index (χ2n) is 6.98. The van der Waals surface area contributed by atoms with Gasteiger partial charge in [0.1, 0.15) is 5.75 Å². The Bertz CT molecular complexity index is 520. The highest BCUT2D eigenvalue weighted by molar-refractivity contribution is 5.27. The fourth-order valence-electron chi connectivity index (χ4n) is 3.29. The zero-order chi connectivity index (χ0) is 18.4. The van der Waals surface area contributed by atoms with E-state index >= 15 is 0 Å². The molecule has 1 saturated heterocycles. The van der Waals surface area contributed by atoms with Crippen LogP contribution in [0.2, 0.25) is 0 Å². The number of aliphatic hydroxyl groups is 1. The van der Waals surface area contributed by atoms with Crippen LogP contribution >= 0.6 is 0 Å². The van der Waals surface area contributed by atoms with Crippen molar-refractivity contribution < 1.29 is 23.0 Å². The number of alkyl halides is 3. The Hall–Kier alpha value is -1.31. The molecule has 4 nitrogen and oxygen atoms in total. The number of aliphatic hydroxyl groups excluding tert-OH is 1. The maximum Gasteiger partial charge on any atom is 0.573 e. The van der Waals surface area contributed by atoms with Gasteiger partial charge in [0, 0.05) is 45.4 Å². The molecule has 1 aliphatic heterocycles. The number of ether oxygens (including phenoxy) is 1. The second-order valence-corrected chi connectivity index (χ2v) is 6.98. The number of nitrogens with zero attached hydrogens (tertiary/aromatic N) is 2. The maximum absolute atomic E-state index is 12.2. The maximum atomic E-state index is 12.2. The molecule has 1 N–H and O–H groups in total. The van der Waals surface area contributed by atoms with Gasteiger partial charge in [0.05, 0.1) is 0 Å². The average Bonchev–Trinajstić information content (AvgIpc) is 2.50. The zero-order valence-corrected chi connectivity index (χ0v) is 14.8. The molecule has 1 fully saturated rings. The molecule has 1 atom stereocenters. The van der Waals surface area contributed by atoms with Crippen molar-refractivity contribution in [3.8, 4) is 5.75 Å². The molecule has 1 aromatic carbocycles. The van der Waals surface area contributed by atoms with Gasteiger partial charge < -0.3 is 9.84 Å². The van der Waals surface area contributed by atoms with Gasteiger partial charge in [-0.1, -0.05) is 26.0 Å². The predicted molar refractivity (Wildman–Crippen MR) is 90.3 cm³/mol. The monoisotopic (exact) mass is 360 g/mol. The molecule has 0 radical (unpaired) electrons. The van der Waals surface area contributed by atoms with E-state index in [2.05, 4.69) is 28.4 Å². The van der Waals surface area contributed by atoms with Crippen LogP contribution in [0.25, 0.3) is 0 Å². The minimum Gasteiger partial charge on any atom is -0.406 e. The molecule has 0 aliphatic carbocycles. The van der Waals surface area contributed by atoms with Crippen LogP contribution in [0.3, 0.4) is 0 Å². The summed E-state index contributed by atoms with van der Waals surface area (Å²) in [6.07, 6.45) is -3.92. The highest BCUT2D eigenvalue weighted by Crippen LogP contribution is 2.23. The van der Waals surface area contributed by atoms with E-state index in [1.54, 1.807) is 12.1 Å². The van der Waals surface area contributed by atoms with E-state index in [1.807, 2.05) is 0 Å². The van der Waals surface area contributed by atoms with Crippen molar-refractivity contribution in [3.63, 3.8) is 0 Å². The fourth-order valence-corrected chi connectivity index (χ4v) is 3.29. The average molecular weight is 360 g/mol. The van der Waals surface area contributed by atoms with E-state index in [-0.39, 0.29) is 12.4 Å². The molecule has 0 saturated carbocycles. The zero-order valence-electron chi connectivity index (χ0n) is 14.8. The normalized spacial score (nSPS) is 20.2. The summed E-state index contributed by atoms with van der Waals surface area (Å²) < 4.78 is 40.5. The van der Waals surface area contributed by atoms with E-state index < -0.39 is 6.36 Å². The molecule has 142 valence electrons. The van der Waals surface area contributed by atoms with Crippen molar-refractivity contribution in [1.82, 2.24) is 9.80 Å². The minimum atomic E-state index is -4.66. The first kappa shape index (κ1) is 20.0. The third-order valence-electron chi connectivity index (χ3n) is 4.31. The van der Waals surface area contributed by atoms with Gasteiger partial charge in [-0.05, 0) is 30.0 Å². The third-order valence-corrected chi connectivity index (χ3v) is 4.31. The molecule has 2 rings (SSSR count). The van der Waals surface area contributed by atoms with Gasteiger partial charge in [-0.15, -0.1) is 13.2 Å². The van der Waals surface area contributed by atoms with Crippen LogP contribution in [0.5, 0.6) is 5.75 Å². The highest BCUT2D eigenvalue weighted by atomic mass is 19.4. The Kier molecular flexibility index (Phi) is 7.10. The molecule has 7 heteroatoms. The molecule has 0 aromatic heterocycles. The smallest absolute Gasteiger partial charge is 0.406 e. The number of hydrogen-bond donors (Lipinski definition) is 1. The highest BCUT2D eigenvalue weighted by Gasteiger charge is 2.31. The van der Waals surface area contributed by atoms with Crippen LogP contribution in [0.15, 0.2) is 24.3 Å². The Morgan fingerprint density at radius 2 is 1.88 bits per heavy atom. The predicted octanol–water partition coefficient (Wildman–Crippen LogP) is 3.11. The topological polar surface area (TPSA) is 35.9 Å². The Morgan fingerprint density at radius 1 is 1.20 bits per heavy atom. The number of hydrogen-bond acceptors (Lipinski definition) is 4. The standard InChI is InChI=1S/C18H27F3N2O2/c1-14(2)11-23-9-8-22(13-16(23)7-10-24)12-15-3-5-17(6-4-15)25-18(19,20)21/h3-6,14,16,24H,7-13H2,1-2H3/t16-/m0/s1. The SMILES string of the molecule is CC(C)CN1CCN(Cc2ccc(OC(F)(F)F)cc2)C[C@@H]1CCO. The van der Waals surface area contributed by atoms with Gasteiger partial charge in [-0.25, -0.2) is 0 Å². The van der Waals surface area contributed by atoms with Crippen LogP contribution < -0.4 is 4.74 Å². The lowest BCUT2D eigenvalue weighted by Crippen LogP contribution is -2.53. The molecule has 25 heavy (non-hydrogen) atoms. The van der Waals surface area contributed by atoms with E-state index in [1.165, 1.54) is 12.1 Å². The van der Waals surface area contributed by atoms with Gasteiger partial charge in [0.2, 0.25) is 0 Å². The van der Waals surface area contributed by atoms with Gasteiger partial charge in [0.25, 0.3) is 0 Å². The summed E-state index contributed by atoms with van der Waals surface area (Å²) in [5.41, 5.74) is 0.953. The quantitative estimate of drug-likeness (QED) is 0.811. The molecular weight excluding hydrogens is 333 g/mol. The number of halogens is 3. The number of rotatable bonds is 7. The van der Waals surface area contributed by atoms with Crippen molar-refractivity contribution in [3.05, 3.63) is 29.8 Å². The third kappa shape index (κ3) is 6.84. The number of piperazine rings is 1. The molecule has 0 unspecified atom stereocenters. The van der Waals surface area contributed by atoms with Crippen LogP contribution in [0, 0.1) is 5.92 Å². The Balaban J connectivity index is 1.92. The lowest BCUT2D eigenvalue weighted by atomic mass is 10.1. The summed E-state index contributed by atoms with van der Waals surface area (Å²) in [5, 5.41) is 9.32. The summed E-state index contributed by atoms with van der Waals surface area (Å²) in [6.45, 7) is 8.95. The van der Waals surface area contributed by atoms with Crippen LogP contribution in [0.4, 0.5) is 13.2 Å². The summed E-state index contributed by atoms with van der Waals surface area (Å²) in [6, 6.07) is 6.35. The second kappa shape index (κ2) is 8.87. The van der Waals surface area contributed by atoms with Crippen molar-refractivity contribution in [2.45, 2.75) is 39.2 Å². The van der Waals surface area contributed by atoms with Gasteiger partial charge in [0.15, 0.2) is 0 Å². The van der Waals surface area contributed by atoms with E-state index in [0.717, 1.165) is 38.2 Å². The summed E-state index contributed by atoms with van der Waals surface area (Å²) >= 11 is 0. The Labute approximate surface area is 147 Å². The van der Waals surface area contributed by atoms with Crippen molar-refractivity contribution in [2.24, 2.45) is 5.92 Å². The van der Waals surface area contributed by atoms with Crippen LogP contribution in [-0.4, -0.2) is 60.1 Å². The summed E-state index contributed by atoms with van der Waals surface area (Å²) in [5.74, 6) is 0.380. The molecular formula is C18H27F3N2O2.